The van der Waals surface area contributed by atoms with Crippen molar-refractivity contribution >= 4 is 22.7 Å². The Morgan fingerprint density at radius 3 is 2.82 bits per heavy atom. The number of fused-ring (bicyclic) bond motifs is 1. The van der Waals surface area contributed by atoms with Crippen molar-refractivity contribution in [3.8, 4) is 0 Å². The van der Waals surface area contributed by atoms with Gasteiger partial charge >= 0.3 is 0 Å². The first-order chi connectivity index (χ1) is 10.7. The highest BCUT2D eigenvalue weighted by Gasteiger charge is 2.10. The first-order valence-corrected chi connectivity index (χ1v) is 7.66. The Balaban J connectivity index is 1.77. The molecule has 0 unspecified atom stereocenters. The lowest BCUT2D eigenvalue weighted by Gasteiger charge is -2.06. The van der Waals surface area contributed by atoms with Crippen LogP contribution in [0.5, 0.6) is 0 Å². The smallest absolute Gasteiger partial charge is 0.231 e. The normalized spacial score (nSPS) is 10.8. The van der Waals surface area contributed by atoms with Crippen LogP contribution in [0.1, 0.15) is 31.0 Å². The van der Waals surface area contributed by atoms with Gasteiger partial charge in [0, 0.05) is 44.2 Å². The third kappa shape index (κ3) is 4.43. The molecule has 1 aromatic heterocycles. The molecule has 0 fully saturated rings. The van der Waals surface area contributed by atoms with Crippen LogP contribution < -0.4 is 5.32 Å². The predicted molar refractivity (Wildman–Crippen MR) is 85.9 cm³/mol. The number of aromatic nitrogens is 1. The number of amides is 1. The molecule has 0 aliphatic rings. The maximum absolute atomic E-state index is 12.2. The fourth-order valence-electron chi connectivity index (χ4n) is 2.28. The highest BCUT2D eigenvalue weighted by Crippen LogP contribution is 2.15. The molecule has 0 atom stereocenters. The van der Waals surface area contributed by atoms with Crippen LogP contribution in [0.15, 0.2) is 36.5 Å². The quantitative estimate of drug-likeness (QED) is 0.763. The Morgan fingerprint density at radius 1 is 1.18 bits per heavy atom. The van der Waals surface area contributed by atoms with Crippen LogP contribution in [-0.4, -0.2) is 36.1 Å². The molecule has 0 saturated heterocycles. The van der Waals surface area contributed by atoms with E-state index in [1.54, 1.807) is 10.8 Å². The fourth-order valence-corrected chi connectivity index (χ4v) is 2.28. The molecule has 2 aromatic rings. The Hall–Kier alpha value is -2.14. The minimum absolute atomic E-state index is 0.0642. The van der Waals surface area contributed by atoms with Gasteiger partial charge in [0.25, 0.3) is 0 Å². The molecule has 1 aromatic carbocycles. The second kappa shape index (κ2) is 8.34. The zero-order valence-corrected chi connectivity index (χ0v) is 12.9. The van der Waals surface area contributed by atoms with Crippen LogP contribution in [-0.2, 0) is 9.53 Å². The number of hydrogen-bond donors (Lipinski definition) is 1. The molecule has 22 heavy (non-hydrogen) atoms. The molecule has 1 heterocycles. The lowest BCUT2D eigenvalue weighted by molar-refractivity contribution is -0.121. The summed E-state index contributed by atoms with van der Waals surface area (Å²) >= 11 is 0. The molecule has 1 amide bonds. The van der Waals surface area contributed by atoms with Crippen molar-refractivity contribution in [2.75, 3.05) is 19.8 Å². The second-order valence-corrected chi connectivity index (χ2v) is 5.04. The summed E-state index contributed by atoms with van der Waals surface area (Å²) in [6, 6.07) is 9.61. The first kappa shape index (κ1) is 16.2. The molecular weight excluding hydrogens is 280 g/mol. The molecule has 5 nitrogen and oxygen atoms in total. The van der Waals surface area contributed by atoms with Gasteiger partial charge in [-0.2, -0.15) is 0 Å². The summed E-state index contributed by atoms with van der Waals surface area (Å²) in [4.78, 5) is 23.9. The van der Waals surface area contributed by atoms with E-state index >= 15 is 0 Å². The first-order valence-electron chi connectivity index (χ1n) is 7.66. The van der Waals surface area contributed by atoms with E-state index in [9.17, 15) is 9.59 Å². The van der Waals surface area contributed by atoms with Gasteiger partial charge < -0.3 is 10.1 Å². The Kier molecular flexibility index (Phi) is 6.15. The Bertz CT molecular complexity index is 634. The molecule has 2 rings (SSSR count). The summed E-state index contributed by atoms with van der Waals surface area (Å²) in [5.41, 5.74) is 0.879. The average molecular weight is 302 g/mol. The molecule has 118 valence electrons. The fraction of sp³-hybridized carbons (Fsp3) is 0.412. The largest absolute Gasteiger partial charge is 0.382 e. The number of carbonyl (C=O) groups is 2. The number of hydrogen-bond acceptors (Lipinski definition) is 3. The van der Waals surface area contributed by atoms with Gasteiger partial charge in [-0.3, -0.25) is 14.2 Å². The molecule has 1 N–H and O–H groups in total. The number of para-hydroxylation sites is 1. The Morgan fingerprint density at radius 2 is 2.00 bits per heavy atom. The zero-order valence-electron chi connectivity index (χ0n) is 12.9. The average Bonchev–Trinajstić information content (AvgIpc) is 2.96. The third-order valence-corrected chi connectivity index (χ3v) is 3.43. The van der Waals surface area contributed by atoms with Gasteiger partial charge in [0.05, 0.1) is 5.52 Å². The summed E-state index contributed by atoms with van der Waals surface area (Å²) in [5, 5.41) is 3.82. The van der Waals surface area contributed by atoms with E-state index < -0.39 is 0 Å². The highest BCUT2D eigenvalue weighted by atomic mass is 16.5. The van der Waals surface area contributed by atoms with E-state index in [-0.39, 0.29) is 24.7 Å². The molecule has 0 aliphatic carbocycles. The van der Waals surface area contributed by atoms with Crippen molar-refractivity contribution in [1.82, 2.24) is 9.88 Å². The topological polar surface area (TPSA) is 60.3 Å². The van der Waals surface area contributed by atoms with E-state index in [1.807, 2.05) is 37.3 Å². The number of ether oxygens (including phenoxy) is 1. The lowest BCUT2D eigenvalue weighted by Crippen LogP contribution is -2.26. The van der Waals surface area contributed by atoms with Gasteiger partial charge in [-0.15, -0.1) is 0 Å². The summed E-state index contributed by atoms with van der Waals surface area (Å²) < 4.78 is 6.80. The molecule has 0 spiro atoms. The minimum Gasteiger partial charge on any atom is -0.382 e. The summed E-state index contributed by atoms with van der Waals surface area (Å²) in [6.07, 6.45) is 2.96. The van der Waals surface area contributed by atoms with Crippen LogP contribution in [0.25, 0.3) is 10.9 Å². The van der Waals surface area contributed by atoms with Crippen LogP contribution in [0.2, 0.25) is 0 Å². The van der Waals surface area contributed by atoms with Gasteiger partial charge in [-0.05, 0) is 25.5 Å². The number of benzene rings is 1. The van der Waals surface area contributed by atoms with E-state index in [0.29, 0.717) is 19.8 Å². The van der Waals surface area contributed by atoms with Crippen molar-refractivity contribution in [1.29, 1.82) is 0 Å². The molecular formula is C17H22N2O3. The maximum atomic E-state index is 12.2. The van der Waals surface area contributed by atoms with Gasteiger partial charge in [0.1, 0.15) is 0 Å². The summed E-state index contributed by atoms with van der Waals surface area (Å²) in [6.45, 7) is 3.85. The maximum Gasteiger partial charge on any atom is 0.231 e. The highest BCUT2D eigenvalue weighted by molar-refractivity contribution is 5.93. The third-order valence-electron chi connectivity index (χ3n) is 3.43. The van der Waals surface area contributed by atoms with Crippen LogP contribution in [0.3, 0.4) is 0 Å². The lowest BCUT2D eigenvalue weighted by atomic mass is 10.2. The SMILES string of the molecule is CCOCCCNC(=O)CCC(=O)n1ccc2ccccc21. The van der Waals surface area contributed by atoms with Crippen LogP contribution in [0.4, 0.5) is 0 Å². The Labute approximate surface area is 130 Å². The van der Waals surface area contributed by atoms with Gasteiger partial charge in [0.15, 0.2) is 0 Å². The van der Waals surface area contributed by atoms with Gasteiger partial charge in [-0.1, -0.05) is 18.2 Å². The zero-order chi connectivity index (χ0) is 15.8. The molecule has 0 aliphatic heterocycles. The van der Waals surface area contributed by atoms with E-state index in [2.05, 4.69) is 5.32 Å². The van der Waals surface area contributed by atoms with Crippen LogP contribution in [0, 0.1) is 0 Å². The van der Waals surface area contributed by atoms with Gasteiger partial charge in [0.2, 0.25) is 11.8 Å². The molecule has 0 saturated carbocycles. The standard InChI is InChI=1S/C17H22N2O3/c1-2-22-13-5-11-18-16(20)8-9-17(21)19-12-10-14-6-3-4-7-15(14)19/h3-4,6-7,10,12H,2,5,8-9,11,13H2,1H3,(H,18,20). The van der Waals surface area contributed by atoms with Crippen LogP contribution >= 0.6 is 0 Å². The van der Waals surface area contributed by atoms with Gasteiger partial charge in [-0.25, -0.2) is 0 Å². The summed E-state index contributed by atoms with van der Waals surface area (Å²) in [5.74, 6) is -0.160. The van der Waals surface area contributed by atoms with E-state index in [4.69, 9.17) is 4.74 Å². The van der Waals surface area contributed by atoms with E-state index in [0.717, 1.165) is 17.3 Å². The molecule has 0 radical (unpaired) electrons. The predicted octanol–water partition coefficient (Wildman–Crippen LogP) is 2.60. The van der Waals surface area contributed by atoms with E-state index in [1.165, 1.54) is 0 Å². The van der Waals surface area contributed by atoms with Crippen molar-refractivity contribution in [3.63, 3.8) is 0 Å². The van der Waals surface area contributed by atoms with Crippen molar-refractivity contribution in [2.24, 2.45) is 0 Å². The monoisotopic (exact) mass is 302 g/mol. The second-order valence-electron chi connectivity index (χ2n) is 5.04. The molecule has 0 bridgehead atoms. The van der Waals surface area contributed by atoms with Crippen molar-refractivity contribution < 1.29 is 14.3 Å². The van der Waals surface area contributed by atoms with Crippen molar-refractivity contribution in [2.45, 2.75) is 26.2 Å². The minimum atomic E-state index is -0.0960. The van der Waals surface area contributed by atoms with Crippen molar-refractivity contribution in [3.05, 3.63) is 36.5 Å². The number of nitrogens with one attached hydrogen (secondary N) is 1. The summed E-state index contributed by atoms with van der Waals surface area (Å²) in [7, 11) is 0. The molecule has 5 heteroatoms. The number of carbonyl (C=O) groups excluding carboxylic acids is 2. The number of nitrogens with zero attached hydrogens (tertiary/aromatic N) is 1. The number of rotatable bonds is 8.